The molecule has 0 unspecified atom stereocenters. The average molecular weight is 356 g/mol. The highest BCUT2D eigenvalue weighted by Crippen LogP contribution is 2.34. The summed E-state index contributed by atoms with van der Waals surface area (Å²) in [6.45, 7) is 9.61. The standard InChI is InChI=1S/C15H20ClFN2.2ClH/c1-11(2)10-14(19-8-6-18-7-9-19)15-12(16)4-3-5-13(15)17;;/h3-5,14,18H,1,6-10H2,2H3;2*1H/t14-;;/m1../s1. The van der Waals surface area contributed by atoms with Gasteiger partial charge in [-0.2, -0.15) is 0 Å². The first-order valence-corrected chi connectivity index (χ1v) is 7.00. The molecule has 0 radical (unpaired) electrons. The van der Waals surface area contributed by atoms with E-state index in [4.69, 9.17) is 11.6 Å². The molecule has 1 N–H and O–H groups in total. The first-order chi connectivity index (χ1) is 9.09. The lowest BCUT2D eigenvalue weighted by Crippen LogP contribution is -2.45. The molecule has 6 heteroatoms. The van der Waals surface area contributed by atoms with E-state index in [0.717, 1.165) is 38.2 Å². The largest absolute Gasteiger partial charge is 0.314 e. The molecule has 120 valence electrons. The van der Waals surface area contributed by atoms with Crippen molar-refractivity contribution in [1.82, 2.24) is 10.2 Å². The van der Waals surface area contributed by atoms with Gasteiger partial charge in [-0.3, -0.25) is 4.90 Å². The van der Waals surface area contributed by atoms with Gasteiger partial charge in [0.05, 0.1) is 0 Å². The van der Waals surface area contributed by atoms with E-state index in [2.05, 4.69) is 16.8 Å². The van der Waals surface area contributed by atoms with Gasteiger partial charge in [-0.15, -0.1) is 31.4 Å². The maximum atomic E-state index is 14.1. The van der Waals surface area contributed by atoms with Crippen LogP contribution in [-0.4, -0.2) is 31.1 Å². The Morgan fingerprint density at radius 3 is 2.52 bits per heavy atom. The number of benzene rings is 1. The zero-order chi connectivity index (χ0) is 13.8. The summed E-state index contributed by atoms with van der Waals surface area (Å²) in [4.78, 5) is 2.29. The third-order valence-corrected chi connectivity index (χ3v) is 3.80. The molecule has 1 atom stereocenters. The van der Waals surface area contributed by atoms with Gasteiger partial charge in [0.15, 0.2) is 0 Å². The maximum absolute atomic E-state index is 14.1. The van der Waals surface area contributed by atoms with Gasteiger partial charge in [-0.05, 0) is 25.5 Å². The first kappa shape index (κ1) is 20.7. The van der Waals surface area contributed by atoms with Gasteiger partial charge < -0.3 is 5.32 Å². The normalized spacial score (nSPS) is 16.5. The van der Waals surface area contributed by atoms with Crippen molar-refractivity contribution in [3.8, 4) is 0 Å². The Morgan fingerprint density at radius 1 is 1.38 bits per heavy atom. The Hall–Kier alpha value is -0.320. The summed E-state index contributed by atoms with van der Waals surface area (Å²) in [5.41, 5.74) is 1.65. The van der Waals surface area contributed by atoms with Gasteiger partial charge in [0.1, 0.15) is 5.82 Å². The molecule has 0 bridgehead atoms. The van der Waals surface area contributed by atoms with Crippen LogP contribution >= 0.6 is 36.4 Å². The van der Waals surface area contributed by atoms with Crippen LogP contribution in [-0.2, 0) is 0 Å². The highest BCUT2D eigenvalue weighted by atomic mass is 35.5. The lowest BCUT2D eigenvalue weighted by Gasteiger charge is -2.36. The van der Waals surface area contributed by atoms with Crippen LogP contribution in [0.2, 0.25) is 5.02 Å². The second-order valence-electron chi connectivity index (χ2n) is 5.10. The molecule has 0 saturated carbocycles. The molecule has 0 amide bonds. The number of nitrogens with one attached hydrogen (secondary N) is 1. The molecule has 0 aromatic heterocycles. The third-order valence-electron chi connectivity index (χ3n) is 3.47. The molecule has 1 saturated heterocycles. The third kappa shape index (κ3) is 5.42. The molecule has 21 heavy (non-hydrogen) atoms. The number of hydrogen-bond acceptors (Lipinski definition) is 2. The van der Waals surface area contributed by atoms with Gasteiger partial charge in [0, 0.05) is 42.8 Å². The topological polar surface area (TPSA) is 15.3 Å². The molecule has 1 heterocycles. The van der Waals surface area contributed by atoms with Gasteiger partial charge in [0.25, 0.3) is 0 Å². The molecule has 1 aliphatic rings. The van der Waals surface area contributed by atoms with E-state index in [0.29, 0.717) is 10.6 Å². The second kappa shape index (κ2) is 9.65. The van der Waals surface area contributed by atoms with Crippen LogP contribution in [0, 0.1) is 5.82 Å². The van der Waals surface area contributed by atoms with E-state index in [9.17, 15) is 4.39 Å². The van der Waals surface area contributed by atoms with Gasteiger partial charge >= 0.3 is 0 Å². The summed E-state index contributed by atoms with van der Waals surface area (Å²) < 4.78 is 14.1. The lowest BCUT2D eigenvalue weighted by molar-refractivity contribution is 0.169. The highest BCUT2D eigenvalue weighted by Gasteiger charge is 2.26. The fourth-order valence-electron chi connectivity index (χ4n) is 2.57. The van der Waals surface area contributed by atoms with Crippen LogP contribution in [0.15, 0.2) is 30.4 Å². The summed E-state index contributed by atoms with van der Waals surface area (Å²) >= 11 is 6.21. The predicted molar refractivity (Wildman–Crippen MR) is 92.5 cm³/mol. The summed E-state index contributed by atoms with van der Waals surface area (Å²) in [5, 5.41) is 3.82. The Morgan fingerprint density at radius 2 is 2.00 bits per heavy atom. The molecule has 0 aliphatic carbocycles. The highest BCUT2D eigenvalue weighted by molar-refractivity contribution is 6.31. The molecule has 2 nitrogen and oxygen atoms in total. The Labute approximate surface area is 143 Å². The second-order valence-corrected chi connectivity index (χ2v) is 5.51. The van der Waals surface area contributed by atoms with Crippen molar-refractivity contribution in [2.45, 2.75) is 19.4 Å². The maximum Gasteiger partial charge on any atom is 0.129 e. The van der Waals surface area contributed by atoms with Crippen molar-refractivity contribution in [3.05, 3.63) is 46.8 Å². The quantitative estimate of drug-likeness (QED) is 0.813. The van der Waals surface area contributed by atoms with Crippen molar-refractivity contribution in [1.29, 1.82) is 0 Å². The minimum absolute atomic E-state index is 0. The van der Waals surface area contributed by atoms with Gasteiger partial charge in [0.2, 0.25) is 0 Å². The van der Waals surface area contributed by atoms with E-state index in [1.165, 1.54) is 6.07 Å². The summed E-state index contributed by atoms with van der Waals surface area (Å²) in [7, 11) is 0. The van der Waals surface area contributed by atoms with E-state index in [-0.39, 0.29) is 36.7 Å². The average Bonchev–Trinajstić information content (AvgIpc) is 2.38. The summed E-state index contributed by atoms with van der Waals surface area (Å²) in [5.74, 6) is -0.225. The summed E-state index contributed by atoms with van der Waals surface area (Å²) in [6.07, 6.45) is 0.737. The minimum atomic E-state index is -0.225. The van der Waals surface area contributed by atoms with Crippen molar-refractivity contribution >= 4 is 36.4 Å². The SMILES string of the molecule is C=C(C)C[C@H](c1c(F)cccc1Cl)N1CCNCC1.Cl.Cl. The predicted octanol–water partition coefficient (Wildman–Crippen LogP) is 4.24. The van der Waals surface area contributed by atoms with Gasteiger partial charge in [-0.25, -0.2) is 4.39 Å². The molecule has 1 aromatic carbocycles. The van der Waals surface area contributed by atoms with Crippen molar-refractivity contribution < 1.29 is 4.39 Å². The fourth-order valence-corrected chi connectivity index (χ4v) is 2.86. The van der Waals surface area contributed by atoms with Crippen LogP contribution < -0.4 is 5.32 Å². The molecular weight excluding hydrogens is 334 g/mol. The minimum Gasteiger partial charge on any atom is -0.314 e. The zero-order valence-corrected chi connectivity index (χ0v) is 14.5. The van der Waals surface area contributed by atoms with E-state index in [1.807, 2.05) is 6.92 Å². The number of halogens is 4. The van der Waals surface area contributed by atoms with E-state index >= 15 is 0 Å². The van der Waals surface area contributed by atoms with Crippen LogP contribution in [0.5, 0.6) is 0 Å². The number of piperazine rings is 1. The van der Waals surface area contributed by atoms with Crippen LogP contribution in [0.3, 0.4) is 0 Å². The number of hydrogen-bond donors (Lipinski definition) is 1. The van der Waals surface area contributed by atoms with Crippen LogP contribution in [0.1, 0.15) is 24.9 Å². The number of nitrogens with zero attached hydrogens (tertiary/aromatic N) is 1. The number of rotatable bonds is 4. The molecule has 2 rings (SSSR count). The fraction of sp³-hybridized carbons (Fsp3) is 0.467. The molecule has 1 aliphatic heterocycles. The smallest absolute Gasteiger partial charge is 0.129 e. The van der Waals surface area contributed by atoms with Gasteiger partial charge in [-0.1, -0.05) is 23.2 Å². The van der Waals surface area contributed by atoms with Crippen molar-refractivity contribution in [2.75, 3.05) is 26.2 Å². The van der Waals surface area contributed by atoms with E-state index < -0.39 is 0 Å². The molecule has 0 spiro atoms. The lowest BCUT2D eigenvalue weighted by atomic mass is 9.97. The Bertz CT molecular complexity index is 442. The monoisotopic (exact) mass is 354 g/mol. The van der Waals surface area contributed by atoms with Crippen molar-refractivity contribution in [2.24, 2.45) is 0 Å². The zero-order valence-electron chi connectivity index (χ0n) is 12.1. The molecule has 1 fully saturated rings. The van der Waals surface area contributed by atoms with Crippen LogP contribution in [0.25, 0.3) is 0 Å². The van der Waals surface area contributed by atoms with Crippen LogP contribution in [0.4, 0.5) is 4.39 Å². The Balaban J connectivity index is 0.00000200. The van der Waals surface area contributed by atoms with Crippen molar-refractivity contribution in [3.63, 3.8) is 0 Å². The summed E-state index contributed by atoms with van der Waals surface area (Å²) in [6, 6.07) is 4.87. The van der Waals surface area contributed by atoms with E-state index in [1.54, 1.807) is 12.1 Å². The first-order valence-electron chi connectivity index (χ1n) is 6.62. The molecule has 1 aromatic rings. The molecular formula is C15H22Cl3FN2. The Kier molecular flexibility index (Phi) is 9.50.